The first-order valence-electron chi connectivity index (χ1n) is 5.79. The number of hydrogen-bond acceptors (Lipinski definition) is 2. The average molecular weight is 235 g/mol. The summed E-state index contributed by atoms with van der Waals surface area (Å²) >= 11 is 0. The third-order valence-electron chi connectivity index (χ3n) is 3.25. The van der Waals surface area contributed by atoms with Gasteiger partial charge in [0.1, 0.15) is 5.75 Å². The van der Waals surface area contributed by atoms with Crippen molar-refractivity contribution >= 4 is 5.91 Å². The summed E-state index contributed by atoms with van der Waals surface area (Å²) in [6, 6.07) is 6.57. The number of rotatable bonds is 2. The number of aromatic hydroxyl groups is 1. The molecule has 0 fully saturated rings. The van der Waals surface area contributed by atoms with Crippen LogP contribution in [0, 0.1) is 5.41 Å². The van der Waals surface area contributed by atoms with Crippen LogP contribution in [0.25, 0.3) is 0 Å². The highest BCUT2D eigenvalue weighted by molar-refractivity contribution is 5.94. The Labute approximate surface area is 103 Å². The van der Waals surface area contributed by atoms with Gasteiger partial charge in [0.05, 0.1) is 0 Å². The molecule has 0 aliphatic rings. The fourth-order valence-corrected chi connectivity index (χ4v) is 1.60. The van der Waals surface area contributed by atoms with Crippen LogP contribution >= 0.6 is 0 Å². The summed E-state index contributed by atoms with van der Waals surface area (Å²) < 4.78 is 0. The van der Waals surface area contributed by atoms with Crippen LogP contribution in [0.2, 0.25) is 0 Å². The molecule has 0 radical (unpaired) electrons. The van der Waals surface area contributed by atoms with Gasteiger partial charge in [-0.25, -0.2) is 0 Å². The van der Waals surface area contributed by atoms with Crippen LogP contribution in [0.1, 0.15) is 38.1 Å². The minimum atomic E-state index is -0.0664. The molecule has 1 aromatic carbocycles. The molecule has 0 spiro atoms. The third kappa shape index (κ3) is 3.22. The molecule has 3 heteroatoms. The fourth-order valence-electron chi connectivity index (χ4n) is 1.60. The Morgan fingerprint density at radius 3 is 2.41 bits per heavy atom. The van der Waals surface area contributed by atoms with E-state index in [4.69, 9.17) is 0 Å². The van der Waals surface area contributed by atoms with E-state index in [0.717, 1.165) is 0 Å². The number of phenolic OH excluding ortho intramolecular Hbond substituents is 1. The van der Waals surface area contributed by atoms with E-state index in [1.165, 1.54) is 6.07 Å². The summed E-state index contributed by atoms with van der Waals surface area (Å²) in [4.78, 5) is 13.9. The zero-order valence-corrected chi connectivity index (χ0v) is 11.2. The van der Waals surface area contributed by atoms with E-state index >= 15 is 0 Å². The Morgan fingerprint density at radius 1 is 1.35 bits per heavy atom. The van der Waals surface area contributed by atoms with E-state index in [1.54, 1.807) is 30.1 Å². The molecule has 1 N–H and O–H groups in total. The van der Waals surface area contributed by atoms with E-state index in [0.29, 0.717) is 5.56 Å². The summed E-state index contributed by atoms with van der Waals surface area (Å²) in [5, 5.41) is 9.37. The number of amides is 1. The molecule has 0 bridgehead atoms. The molecule has 17 heavy (non-hydrogen) atoms. The van der Waals surface area contributed by atoms with Crippen LogP contribution in [0.15, 0.2) is 24.3 Å². The second kappa shape index (κ2) is 4.78. The lowest BCUT2D eigenvalue weighted by atomic mass is 9.87. The molecule has 1 amide bonds. The summed E-state index contributed by atoms with van der Waals surface area (Å²) in [6.07, 6.45) is 0. The summed E-state index contributed by atoms with van der Waals surface area (Å²) in [6.45, 7) is 8.33. The van der Waals surface area contributed by atoms with Crippen LogP contribution in [0.4, 0.5) is 0 Å². The molecule has 0 heterocycles. The van der Waals surface area contributed by atoms with Gasteiger partial charge in [-0.05, 0) is 30.5 Å². The number of carbonyl (C=O) groups excluding carboxylic acids is 1. The van der Waals surface area contributed by atoms with E-state index < -0.39 is 0 Å². The highest BCUT2D eigenvalue weighted by atomic mass is 16.3. The lowest BCUT2D eigenvalue weighted by Crippen LogP contribution is -2.42. The van der Waals surface area contributed by atoms with Gasteiger partial charge >= 0.3 is 0 Å². The van der Waals surface area contributed by atoms with Gasteiger partial charge in [0.15, 0.2) is 0 Å². The molecule has 0 aliphatic carbocycles. The van der Waals surface area contributed by atoms with Crippen molar-refractivity contribution in [1.29, 1.82) is 0 Å². The quantitative estimate of drug-likeness (QED) is 0.856. The van der Waals surface area contributed by atoms with E-state index in [-0.39, 0.29) is 23.1 Å². The van der Waals surface area contributed by atoms with Crippen LogP contribution in [-0.4, -0.2) is 29.0 Å². The number of nitrogens with zero attached hydrogens (tertiary/aromatic N) is 1. The first-order valence-corrected chi connectivity index (χ1v) is 5.79. The van der Waals surface area contributed by atoms with Gasteiger partial charge in [0, 0.05) is 18.7 Å². The van der Waals surface area contributed by atoms with Crippen molar-refractivity contribution < 1.29 is 9.90 Å². The monoisotopic (exact) mass is 235 g/mol. The number of carbonyl (C=O) groups is 1. The molecular formula is C14H21NO2. The predicted molar refractivity (Wildman–Crippen MR) is 69.1 cm³/mol. The number of benzene rings is 1. The maximum atomic E-state index is 12.2. The van der Waals surface area contributed by atoms with Crippen LogP contribution < -0.4 is 0 Å². The Balaban J connectivity index is 2.91. The molecule has 0 aliphatic heterocycles. The van der Waals surface area contributed by atoms with Crippen molar-refractivity contribution in [2.75, 3.05) is 7.05 Å². The molecule has 0 saturated carbocycles. The van der Waals surface area contributed by atoms with Crippen molar-refractivity contribution in [2.45, 2.75) is 33.7 Å². The Morgan fingerprint density at radius 2 is 1.94 bits per heavy atom. The number of phenols is 1. The second-order valence-electron chi connectivity index (χ2n) is 5.51. The van der Waals surface area contributed by atoms with Gasteiger partial charge in [0.2, 0.25) is 0 Å². The van der Waals surface area contributed by atoms with E-state index in [1.807, 2.05) is 6.92 Å². The predicted octanol–water partition coefficient (Wildman–Crippen LogP) is 2.90. The van der Waals surface area contributed by atoms with Crippen LogP contribution in [-0.2, 0) is 0 Å². The van der Waals surface area contributed by atoms with Crippen LogP contribution in [0.3, 0.4) is 0 Å². The highest BCUT2D eigenvalue weighted by Crippen LogP contribution is 2.24. The van der Waals surface area contributed by atoms with Crippen molar-refractivity contribution in [1.82, 2.24) is 4.90 Å². The minimum absolute atomic E-state index is 0.0290. The normalized spacial score (nSPS) is 13.2. The summed E-state index contributed by atoms with van der Waals surface area (Å²) in [7, 11) is 1.79. The third-order valence-corrected chi connectivity index (χ3v) is 3.25. The molecule has 94 valence electrons. The molecule has 3 nitrogen and oxygen atoms in total. The van der Waals surface area contributed by atoms with Crippen molar-refractivity contribution in [3.05, 3.63) is 29.8 Å². The maximum Gasteiger partial charge on any atom is 0.253 e. The van der Waals surface area contributed by atoms with Gasteiger partial charge < -0.3 is 10.0 Å². The van der Waals surface area contributed by atoms with Gasteiger partial charge in [-0.1, -0.05) is 26.8 Å². The largest absolute Gasteiger partial charge is 0.508 e. The highest BCUT2D eigenvalue weighted by Gasteiger charge is 2.27. The zero-order chi connectivity index (χ0) is 13.2. The fraction of sp³-hybridized carbons (Fsp3) is 0.500. The second-order valence-corrected chi connectivity index (χ2v) is 5.51. The standard InChI is InChI=1S/C14H21NO2/c1-10(14(2,3)4)15(5)13(17)11-7-6-8-12(16)9-11/h6-10,16H,1-5H3. The minimum Gasteiger partial charge on any atom is -0.508 e. The Bertz CT molecular complexity index is 407. The first kappa shape index (κ1) is 13.6. The van der Waals surface area contributed by atoms with Gasteiger partial charge in [0.25, 0.3) is 5.91 Å². The molecule has 1 unspecified atom stereocenters. The lowest BCUT2D eigenvalue weighted by molar-refractivity contribution is 0.0629. The maximum absolute atomic E-state index is 12.2. The van der Waals surface area contributed by atoms with Crippen molar-refractivity contribution in [3.63, 3.8) is 0 Å². The van der Waals surface area contributed by atoms with Crippen LogP contribution in [0.5, 0.6) is 5.75 Å². The molecule has 0 saturated heterocycles. The Kier molecular flexibility index (Phi) is 3.81. The lowest BCUT2D eigenvalue weighted by Gasteiger charge is -2.35. The molecule has 1 atom stereocenters. The van der Waals surface area contributed by atoms with Gasteiger partial charge in [-0.2, -0.15) is 0 Å². The molecule has 1 rings (SSSR count). The smallest absolute Gasteiger partial charge is 0.253 e. The summed E-state index contributed by atoms with van der Waals surface area (Å²) in [5.41, 5.74) is 0.546. The average Bonchev–Trinajstić information content (AvgIpc) is 2.25. The topological polar surface area (TPSA) is 40.5 Å². The van der Waals surface area contributed by atoms with Gasteiger partial charge in [-0.15, -0.1) is 0 Å². The number of hydrogen-bond donors (Lipinski definition) is 1. The molecular weight excluding hydrogens is 214 g/mol. The van der Waals surface area contributed by atoms with Crippen molar-refractivity contribution in [2.24, 2.45) is 5.41 Å². The Hall–Kier alpha value is -1.51. The molecule has 0 aromatic heterocycles. The zero-order valence-electron chi connectivity index (χ0n) is 11.2. The summed E-state index contributed by atoms with van der Waals surface area (Å²) in [5.74, 6) is 0.0518. The SMILES string of the molecule is CC(N(C)C(=O)c1cccc(O)c1)C(C)(C)C. The van der Waals surface area contributed by atoms with Gasteiger partial charge in [-0.3, -0.25) is 4.79 Å². The van der Waals surface area contributed by atoms with Crippen molar-refractivity contribution in [3.8, 4) is 5.75 Å². The first-order chi connectivity index (χ1) is 7.73. The molecule has 1 aromatic rings. The van der Waals surface area contributed by atoms with E-state index in [9.17, 15) is 9.90 Å². The van der Waals surface area contributed by atoms with E-state index in [2.05, 4.69) is 20.8 Å².